The van der Waals surface area contributed by atoms with Gasteiger partial charge in [0.25, 0.3) is 0 Å². The molecule has 1 aliphatic heterocycles. The molecular formula is C7H6N4. The third kappa shape index (κ3) is 0.797. The van der Waals surface area contributed by atoms with Crippen molar-refractivity contribution in [3.05, 3.63) is 29.8 Å². The molecule has 0 aliphatic carbocycles. The van der Waals surface area contributed by atoms with Gasteiger partial charge in [0.2, 0.25) is 5.84 Å². The van der Waals surface area contributed by atoms with Gasteiger partial charge in [-0.25, -0.2) is 0 Å². The molecule has 0 saturated heterocycles. The van der Waals surface area contributed by atoms with Gasteiger partial charge in [0.05, 0.1) is 11.3 Å². The number of rotatable bonds is 0. The molecule has 54 valence electrons. The van der Waals surface area contributed by atoms with E-state index in [0.29, 0.717) is 5.84 Å². The summed E-state index contributed by atoms with van der Waals surface area (Å²) in [5, 5.41) is 11.1. The van der Waals surface area contributed by atoms with Crippen LogP contribution in [0.5, 0.6) is 0 Å². The van der Waals surface area contributed by atoms with Gasteiger partial charge in [-0.2, -0.15) is 5.10 Å². The third-order valence-electron chi connectivity index (χ3n) is 1.52. The van der Waals surface area contributed by atoms with E-state index in [9.17, 15) is 0 Å². The number of fused-ring (bicyclic) bond motifs is 1. The van der Waals surface area contributed by atoms with E-state index in [-0.39, 0.29) is 0 Å². The largest absolute Gasteiger partial charge is 0.321 e. The standard InChI is InChI=1S/C7H6N4/c8-9-7-5-3-1-2-4-6(5)10-11-7/h1-4H,8H2. The van der Waals surface area contributed by atoms with Crippen LogP contribution in [0.2, 0.25) is 0 Å². The van der Waals surface area contributed by atoms with E-state index in [2.05, 4.69) is 15.3 Å². The number of azo groups is 1. The zero-order chi connectivity index (χ0) is 7.68. The molecule has 1 aromatic rings. The minimum atomic E-state index is 0.501. The first kappa shape index (κ1) is 6.03. The molecule has 0 radical (unpaired) electrons. The van der Waals surface area contributed by atoms with Crippen LogP contribution < -0.4 is 5.84 Å². The minimum absolute atomic E-state index is 0.501. The first-order valence-corrected chi connectivity index (χ1v) is 3.21. The van der Waals surface area contributed by atoms with Gasteiger partial charge in [0, 0.05) is 0 Å². The molecule has 0 bridgehead atoms. The van der Waals surface area contributed by atoms with Gasteiger partial charge >= 0.3 is 0 Å². The van der Waals surface area contributed by atoms with Crippen LogP contribution in [-0.4, -0.2) is 5.84 Å². The van der Waals surface area contributed by atoms with Crippen molar-refractivity contribution >= 4 is 11.5 Å². The topological polar surface area (TPSA) is 63.1 Å². The Labute approximate surface area is 63.4 Å². The van der Waals surface area contributed by atoms with Crippen LogP contribution >= 0.6 is 0 Å². The minimum Gasteiger partial charge on any atom is -0.321 e. The molecule has 4 nitrogen and oxygen atoms in total. The lowest BCUT2D eigenvalue weighted by Gasteiger charge is -1.91. The molecule has 0 spiro atoms. The van der Waals surface area contributed by atoms with Gasteiger partial charge in [-0.05, 0) is 12.1 Å². The van der Waals surface area contributed by atoms with Crippen molar-refractivity contribution < 1.29 is 0 Å². The number of hydrogen-bond donors (Lipinski definition) is 1. The molecule has 4 heteroatoms. The Balaban J connectivity index is 2.63. The number of hydrazone groups is 1. The molecule has 1 aliphatic rings. The summed E-state index contributed by atoms with van der Waals surface area (Å²) in [5.74, 6) is 5.58. The van der Waals surface area contributed by atoms with Crippen LogP contribution in [-0.2, 0) is 0 Å². The fraction of sp³-hybridized carbons (Fsp3) is 0. The molecule has 11 heavy (non-hydrogen) atoms. The Morgan fingerprint density at radius 3 is 2.82 bits per heavy atom. The summed E-state index contributed by atoms with van der Waals surface area (Å²) in [5.41, 5.74) is 1.73. The van der Waals surface area contributed by atoms with Crippen molar-refractivity contribution in [2.24, 2.45) is 21.2 Å². The number of nitrogens with zero attached hydrogens (tertiary/aromatic N) is 3. The van der Waals surface area contributed by atoms with E-state index in [4.69, 9.17) is 5.84 Å². The van der Waals surface area contributed by atoms with E-state index in [1.54, 1.807) is 0 Å². The number of benzene rings is 1. The van der Waals surface area contributed by atoms with Crippen LogP contribution in [0.3, 0.4) is 0 Å². The third-order valence-corrected chi connectivity index (χ3v) is 1.52. The Kier molecular flexibility index (Phi) is 1.18. The van der Waals surface area contributed by atoms with E-state index < -0.39 is 0 Å². The van der Waals surface area contributed by atoms with E-state index in [1.165, 1.54) is 0 Å². The fourth-order valence-corrected chi connectivity index (χ4v) is 1.00. The van der Waals surface area contributed by atoms with E-state index in [0.717, 1.165) is 11.3 Å². The van der Waals surface area contributed by atoms with E-state index in [1.807, 2.05) is 24.3 Å². The smallest absolute Gasteiger partial charge is 0.202 e. The van der Waals surface area contributed by atoms with Crippen LogP contribution in [0, 0.1) is 0 Å². The second kappa shape index (κ2) is 2.16. The fourth-order valence-electron chi connectivity index (χ4n) is 1.00. The number of amidine groups is 1. The molecule has 1 heterocycles. The molecule has 2 N–H and O–H groups in total. The second-order valence-electron chi connectivity index (χ2n) is 2.17. The highest BCUT2D eigenvalue weighted by Gasteiger charge is 2.13. The lowest BCUT2D eigenvalue weighted by Crippen LogP contribution is -1.95. The molecule has 1 aromatic carbocycles. The van der Waals surface area contributed by atoms with Crippen molar-refractivity contribution in [2.45, 2.75) is 0 Å². The average molecular weight is 146 g/mol. The van der Waals surface area contributed by atoms with Gasteiger partial charge in [0.1, 0.15) is 0 Å². The van der Waals surface area contributed by atoms with E-state index >= 15 is 0 Å². The highest BCUT2D eigenvalue weighted by molar-refractivity contribution is 6.05. The first-order valence-electron chi connectivity index (χ1n) is 3.21. The first-order chi connectivity index (χ1) is 5.42. The van der Waals surface area contributed by atoms with Gasteiger partial charge in [-0.1, -0.05) is 12.1 Å². The Hall–Kier alpha value is -1.71. The predicted molar refractivity (Wildman–Crippen MR) is 41.7 cm³/mol. The van der Waals surface area contributed by atoms with Crippen LogP contribution in [0.25, 0.3) is 0 Å². The second-order valence-corrected chi connectivity index (χ2v) is 2.17. The Morgan fingerprint density at radius 2 is 2.00 bits per heavy atom. The van der Waals surface area contributed by atoms with Gasteiger partial charge < -0.3 is 5.84 Å². The van der Waals surface area contributed by atoms with Crippen molar-refractivity contribution in [1.29, 1.82) is 0 Å². The average Bonchev–Trinajstić information content (AvgIpc) is 2.47. The summed E-state index contributed by atoms with van der Waals surface area (Å²) in [6, 6.07) is 7.57. The van der Waals surface area contributed by atoms with Crippen molar-refractivity contribution in [1.82, 2.24) is 0 Å². The lowest BCUT2D eigenvalue weighted by molar-refractivity contribution is 1.21. The lowest BCUT2D eigenvalue weighted by atomic mass is 10.2. The zero-order valence-corrected chi connectivity index (χ0v) is 5.73. The van der Waals surface area contributed by atoms with Gasteiger partial charge in [0.15, 0.2) is 0 Å². The summed E-state index contributed by atoms with van der Waals surface area (Å²) in [7, 11) is 0. The summed E-state index contributed by atoms with van der Waals surface area (Å²) in [6.07, 6.45) is 0. The maximum absolute atomic E-state index is 5.08. The molecule has 0 saturated carbocycles. The molecule has 2 rings (SSSR count). The van der Waals surface area contributed by atoms with Crippen molar-refractivity contribution in [3.8, 4) is 0 Å². The molecule has 0 amide bonds. The summed E-state index contributed by atoms with van der Waals surface area (Å²) >= 11 is 0. The number of hydrogen-bond acceptors (Lipinski definition) is 3. The van der Waals surface area contributed by atoms with Crippen molar-refractivity contribution in [3.63, 3.8) is 0 Å². The quantitative estimate of drug-likeness (QED) is 0.436. The molecule has 0 unspecified atom stereocenters. The van der Waals surface area contributed by atoms with Crippen LogP contribution in [0.15, 0.2) is 39.6 Å². The van der Waals surface area contributed by atoms with Crippen molar-refractivity contribution in [2.75, 3.05) is 0 Å². The molecule has 0 atom stereocenters. The zero-order valence-electron chi connectivity index (χ0n) is 5.73. The normalized spacial score (nSPS) is 17.3. The van der Waals surface area contributed by atoms with Gasteiger partial charge in [-0.3, -0.25) is 0 Å². The summed E-state index contributed by atoms with van der Waals surface area (Å²) in [4.78, 5) is 0. The summed E-state index contributed by atoms with van der Waals surface area (Å²) in [6.45, 7) is 0. The summed E-state index contributed by atoms with van der Waals surface area (Å²) < 4.78 is 0. The van der Waals surface area contributed by atoms with Crippen LogP contribution in [0.4, 0.5) is 5.69 Å². The van der Waals surface area contributed by atoms with Gasteiger partial charge in [-0.15, -0.1) is 10.2 Å². The highest BCUT2D eigenvalue weighted by atomic mass is 15.3. The molecule has 0 aromatic heterocycles. The Morgan fingerprint density at radius 1 is 1.18 bits per heavy atom. The maximum atomic E-state index is 5.08. The molecular weight excluding hydrogens is 140 g/mol. The Bertz CT molecular complexity index is 340. The maximum Gasteiger partial charge on any atom is 0.202 e. The molecule has 0 fully saturated rings. The van der Waals surface area contributed by atoms with Crippen LogP contribution in [0.1, 0.15) is 5.56 Å². The number of nitrogens with two attached hydrogens (primary N) is 1. The monoisotopic (exact) mass is 146 g/mol. The SMILES string of the molecule is NN=C1N=Nc2ccccc21. The predicted octanol–water partition coefficient (Wildman–Crippen LogP) is 1.40. The highest BCUT2D eigenvalue weighted by Crippen LogP contribution is 2.25.